The maximum atomic E-state index is 15.5. The Morgan fingerprint density at radius 1 is 0.941 bits per heavy atom. The van der Waals surface area contributed by atoms with Gasteiger partial charge in [0, 0.05) is 11.6 Å². The number of hydrogen-bond donors (Lipinski definition) is 0. The molecule has 0 radical (unpaired) electrons. The number of benzene rings is 2. The Morgan fingerprint density at radius 2 is 1.56 bits per heavy atom. The molecule has 2 aromatic heterocycles. The average Bonchev–Trinajstić information content (AvgIpc) is 3.15. The van der Waals surface area contributed by atoms with Gasteiger partial charge < -0.3 is 9.14 Å². The molecule has 178 valence electrons. The molecular formula is C24H16ClF6NO2. The van der Waals surface area contributed by atoms with Gasteiger partial charge in [-0.15, -0.1) is 0 Å². The summed E-state index contributed by atoms with van der Waals surface area (Å²) in [6, 6.07) is 15.0. The van der Waals surface area contributed by atoms with Crippen LogP contribution in [0.2, 0.25) is 0 Å². The van der Waals surface area contributed by atoms with Gasteiger partial charge in [0.15, 0.2) is 0 Å². The van der Waals surface area contributed by atoms with E-state index in [0.29, 0.717) is 5.39 Å². The predicted molar refractivity (Wildman–Crippen MR) is 116 cm³/mol. The van der Waals surface area contributed by atoms with Crippen molar-refractivity contribution >= 4 is 33.9 Å². The van der Waals surface area contributed by atoms with Gasteiger partial charge >= 0.3 is 23.2 Å². The van der Waals surface area contributed by atoms with E-state index in [0.717, 1.165) is 4.40 Å². The zero-order valence-electron chi connectivity index (χ0n) is 17.5. The van der Waals surface area contributed by atoms with Crippen LogP contribution in [0.25, 0.3) is 27.5 Å². The highest BCUT2D eigenvalue weighted by Crippen LogP contribution is 2.56. The molecule has 10 heteroatoms. The van der Waals surface area contributed by atoms with E-state index in [9.17, 15) is 22.4 Å². The fourth-order valence-corrected chi connectivity index (χ4v) is 4.06. The van der Waals surface area contributed by atoms with Gasteiger partial charge in [0.25, 0.3) is 0 Å². The Bertz CT molecular complexity index is 1380. The first-order valence-corrected chi connectivity index (χ1v) is 10.4. The van der Waals surface area contributed by atoms with Crippen molar-refractivity contribution < 1.29 is 35.9 Å². The number of halogens is 7. The topological polar surface area (TPSA) is 30.7 Å². The summed E-state index contributed by atoms with van der Waals surface area (Å²) in [4.78, 5) is 13.0. The van der Waals surface area contributed by atoms with E-state index in [-0.39, 0.29) is 23.1 Å². The summed E-state index contributed by atoms with van der Waals surface area (Å²) in [5.74, 6) is -13.0. The molecule has 0 saturated carbocycles. The lowest BCUT2D eigenvalue weighted by atomic mass is 9.94. The molecule has 0 amide bonds. The third-order valence-electron chi connectivity index (χ3n) is 5.42. The van der Waals surface area contributed by atoms with Crippen molar-refractivity contribution in [1.29, 1.82) is 0 Å². The standard InChI is InChI=1S/C24H16ClF6NO2/c1-2-34-21(33)17-18(22(26,27)23(28,29)24(25,30)31)19(15-9-4-3-5-10-15)32-13-12-14-8-6-7-11-16(14)20(17)32/h3-13H,2H2,1H3. The number of esters is 1. The summed E-state index contributed by atoms with van der Waals surface area (Å²) >= 11 is 4.46. The largest absolute Gasteiger partial charge is 0.462 e. The average molecular weight is 500 g/mol. The van der Waals surface area contributed by atoms with Gasteiger partial charge in [-0.2, -0.15) is 26.3 Å². The lowest BCUT2D eigenvalue weighted by Gasteiger charge is -2.30. The molecule has 0 fully saturated rings. The molecule has 34 heavy (non-hydrogen) atoms. The van der Waals surface area contributed by atoms with E-state index in [4.69, 9.17) is 4.74 Å². The Morgan fingerprint density at radius 3 is 2.18 bits per heavy atom. The van der Waals surface area contributed by atoms with Crippen LogP contribution in [0, 0.1) is 0 Å². The molecular weight excluding hydrogens is 484 g/mol. The molecule has 0 N–H and O–H groups in total. The second kappa shape index (κ2) is 8.23. The van der Waals surface area contributed by atoms with Crippen LogP contribution in [0.15, 0.2) is 66.9 Å². The van der Waals surface area contributed by atoms with Crippen molar-refractivity contribution in [3.63, 3.8) is 0 Å². The number of aromatic nitrogens is 1. The van der Waals surface area contributed by atoms with Gasteiger partial charge in [-0.1, -0.05) is 54.6 Å². The normalized spacial score (nSPS) is 12.9. The summed E-state index contributed by atoms with van der Waals surface area (Å²) in [6.45, 7) is 1.13. The number of rotatable bonds is 6. The quantitative estimate of drug-likeness (QED) is 0.156. The zero-order chi connectivity index (χ0) is 24.9. The number of hydrogen-bond acceptors (Lipinski definition) is 2. The van der Waals surface area contributed by atoms with Gasteiger partial charge in [0.05, 0.1) is 28.9 Å². The van der Waals surface area contributed by atoms with Crippen molar-refractivity contribution in [1.82, 2.24) is 4.40 Å². The molecule has 0 aliphatic heterocycles. The number of pyridine rings is 1. The summed E-state index contributed by atoms with van der Waals surface area (Å²) in [5, 5.41) is -4.86. The predicted octanol–water partition coefficient (Wildman–Crippen LogP) is 7.49. The second-order valence-electron chi connectivity index (χ2n) is 7.45. The van der Waals surface area contributed by atoms with Crippen molar-refractivity contribution in [3.05, 3.63) is 78.0 Å². The zero-order valence-corrected chi connectivity index (χ0v) is 18.2. The van der Waals surface area contributed by atoms with Crippen LogP contribution in [-0.4, -0.2) is 28.3 Å². The first-order valence-electron chi connectivity index (χ1n) is 10.0. The van der Waals surface area contributed by atoms with Crippen molar-refractivity contribution in [3.8, 4) is 11.3 Å². The van der Waals surface area contributed by atoms with Gasteiger partial charge in [-0.05, 0) is 35.5 Å². The molecule has 0 aliphatic rings. The van der Waals surface area contributed by atoms with Crippen LogP contribution in [0.5, 0.6) is 0 Å². The highest BCUT2D eigenvalue weighted by Gasteiger charge is 2.73. The van der Waals surface area contributed by atoms with Gasteiger partial charge in [0.1, 0.15) is 0 Å². The number of carbonyl (C=O) groups is 1. The molecule has 0 unspecified atom stereocenters. The third-order valence-corrected chi connectivity index (χ3v) is 5.65. The summed E-state index contributed by atoms with van der Waals surface area (Å²) in [6.07, 6.45) is 1.30. The van der Waals surface area contributed by atoms with Crippen LogP contribution in [-0.2, 0) is 10.7 Å². The molecule has 3 nitrogen and oxygen atoms in total. The molecule has 0 atom stereocenters. The minimum absolute atomic E-state index is 0.00769. The molecule has 4 aromatic rings. The minimum atomic E-state index is -6.05. The molecule has 4 rings (SSSR count). The van der Waals surface area contributed by atoms with E-state index < -0.39 is 40.0 Å². The molecule has 0 spiro atoms. The lowest BCUT2D eigenvalue weighted by molar-refractivity contribution is -0.286. The molecule has 2 heterocycles. The van der Waals surface area contributed by atoms with E-state index >= 15 is 8.78 Å². The SMILES string of the molecule is CCOC(=O)c1c(C(F)(F)C(F)(F)C(F)(F)Cl)c(-c2ccccc2)n2ccc3ccccc3c12. The Labute approximate surface area is 194 Å². The molecule has 0 bridgehead atoms. The van der Waals surface area contributed by atoms with E-state index in [1.54, 1.807) is 24.3 Å². The molecule has 0 saturated heterocycles. The fourth-order valence-electron chi connectivity index (χ4n) is 3.94. The lowest BCUT2D eigenvalue weighted by Crippen LogP contribution is -2.50. The molecule has 0 aliphatic carbocycles. The Balaban J connectivity index is 2.27. The van der Waals surface area contributed by atoms with E-state index in [1.165, 1.54) is 49.5 Å². The number of nitrogens with zero attached hydrogens (tertiary/aromatic N) is 1. The van der Waals surface area contributed by atoms with Gasteiger partial charge in [-0.25, -0.2) is 4.79 Å². The smallest absolute Gasteiger partial charge is 0.390 e. The summed E-state index contributed by atoms with van der Waals surface area (Å²) in [7, 11) is 0. The summed E-state index contributed by atoms with van der Waals surface area (Å²) in [5.41, 5.74) is -3.29. The summed E-state index contributed by atoms with van der Waals surface area (Å²) < 4.78 is 93.5. The van der Waals surface area contributed by atoms with Crippen molar-refractivity contribution in [2.75, 3.05) is 6.61 Å². The third kappa shape index (κ3) is 3.50. The van der Waals surface area contributed by atoms with Crippen LogP contribution < -0.4 is 0 Å². The van der Waals surface area contributed by atoms with Crippen LogP contribution in [0.1, 0.15) is 22.8 Å². The van der Waals surface area contributed by atoms with E-state index in [2.05, 4.69) is 11.6 Å². The highest BCUT2D eigenvalue weighted by molar-refractivity contribution is 6.22. The van der Waals surface area contributed by atoms with Crippen LogP contribution in [0.3, 0.4) is 0 Å². The first-order chi connectivity index (χ1) is 15.9. The number of ether oxygens (including phenoxy) is 1. The van der Waals surface area contributed by atoms with Crippen LogP contribution in [0.4, 0.5) is 26.3 Å². The Kier molecular flexibility index (Phi) is 5.80. The monoisotopic (exact) mass is 499 g/mol. The van der Waals surface area contributed by atoms with Gasteiger partial charge in [0.2, 0.25) is 0 Å². The van der Waals surface area contributed by atoms with Gasteiger partial charge in [-0.3, -0.25) is 0 Å². The number of fused-ring (bicyclic) bond motifs is 3. The maximum absolute atomic E-state index is 15.5. The minimum Gasteiger partial charge on any atom is -0.462 e. The molecule has 2 aromatic carbocycles. The number of carbonyl (C=O) groups excluding carboxylic acids is 1. The number of alkyl halides is 7. The van der Waals surface area contributed by atoms with Crippen molar-refractivity contribution in [2.24, 2.45) is 0 Å². The maximum Gasteiger partial charge on any atom is 0.390 e. The van der Waals surface area contributed by atoms with Crippen molar-refractivity contribution in [2.45, 2.75) is 24.2 Å². The Hall–Kier alpha value is -3.20. The highest BCUT2D eigenvalue weighted by atomic mass is 35.5. The van der Waals surface area contributed by atoms with Crippen LogP contribution >= 0.6 is 11.6 Å². The second-order valence-corrected chi connectivity index (χ2v) is 7.93. The first kappa shape index (κ1) is 23.9. The van der Waals surface area contributed by atoms with E-state index in [1.807, 2.05) is 0 Å². The fraction of sp³-hybridized carbons (Fsp3) is 0.208.